The number of hydrogen-bond donors (Lipinski definition) is 0. The Hall–Kier alpha value is -2.62. The summed E-state index contributed by atoms with van der Waals surface area (Å²) in [5.74, 6) is 0.454. The molecule has 0 saturated carbocycles. The van der Waals surface area contributed by atoms with Gasteiger partial charge in [-0.15, -0.1) is 0 Å². The molecule has 108 valence electrons. The van der Waals surface area contributed by atoms with Crippen LogP contribution in [-0.2, 0) is 6.18 Å². The van der Waals surface area contributed by atoms with Crippen molar-refractivity contribution in [1.29, 1.82) is 5.26 Å². The maximum absolute atomic E-state index is 12.5. The topological polar surface area (TPSA) is 58.8 Å². The van der Waals surface area contributed by atoms with E-state index in [1.807, 2.05) is 6.07 Å². The zero-order valence-corrected chi connectivity index (χ0v) is 11.0. The summed E-state index contributed by atoms with van der Waals surface area (Å²) in [6, 6.07) is 7.89. The van der Waals surface area contributed by atoms with Crippen molar-refractivity contribution < 1.29 is 17.9 Å². The van der Waals surface area contributed by atoms with E-state index in [-0.39, 0.29) is 18.3 Å². The van der Waals surface area contributed by atoms with Crippen LogP contribution in [0.3, 0.4) is 0 Å². The van der Waals surface area contributed by atoms with Gasteiger partial charge in [0.25, 0.3) is 0 Å². The van der Waals surface area contributed by atoms with Gasteiger partial charge in [0.05, 0.1) is 5.56 Å². The Bertz CT molecular complexity index is 675. The molecule has 0 saturated heterocycles. The summed E-state index contributed by atoms with van der Waals surface area (Å²) in [6.07, 6.45) is -4.38. The molecule has 0 aliphatic carbocycles. The summed E-state index contributed by atoms with van der Waals surface area (Å²) in [6.45, 7) is 1.54. The first-order valence-corrected chi connectivity index (χ1v) is 5.93. The number of nitrogens with zero attached hydrogens (tertiary/aromatic N) is 3. The van der Waals surface area contributed by atoms with E-state index < -0.39 is 11.7 Å². The average molecular weight is 293 g/mol. The highest BCUT2D eigenvalue weighted by molar-refractivity contribution is 5.56. The lowest BCUT2D eigenvalue weighted by Crippen LogP contribution is -2.04. The Morgan fingerprint density at radius 1 is 1.19 bits per heavy atom. The van der Waals surface area contributed by atoms with Crippen LogP contribution in [0, 0.1) is 18.3 Å². The smallest absolute Gasteiger partial charge is 0.416 e. The average Bonchev–Trinajstić information content (AvgIpc) is 2.44. The summed E-state index contributed by atoms with van der Waals surface area (Å²) >= 11 is 0. The second kappa shape index (κ2) is 5.79. The molecule has 1 heterocycles. The molecule has 4 nitrogen and oxygen atoms in total. The van der Waals surface area contributed by atoms with Crippen LogP contribution in [0.5, 0.6) is 5.88 Å². The first-order chi connectivity index (χ1) is 9.90. The van der Waals surface area contributed by atoms with Gasteiger partial charge in [0.2, 0.25) is 5.88 Å². The molecule has 0 aliphatic rings. The molecule has 1 aromatic heterocycles. The Labute approximate surface area is 118 Å². The first-order valence-electron chi connectivity index (χ1n) is 5.93. The van der Waals surface area contributed by atoms with E-state index >= 15 is 0 Å². The molecule has 0 amide bonds. The van der Waals surface area contributed by atoms with Gasteiger partial charge >= 0.3 is 6.18 Å². The summed E-state index contributed by atoms with van der Waals surface area (Å²) in [5, 5.41) is 8.47. The van der Waals surface area contributed by atoms with Crippen molar-refractivity contribution in [3.05, 3.63) is 41.6 Å². The molecular weight excluding hydrogens is 283 g/mol. The highest BCUT2D eigenvalue weighted by Gasteiger charge is 2.30. The largest absolute Gasteiger partial charge is 0.462 e. The maximum atomic E-state index is 12.5. The molecular formula is C14H10F3N3O. The fraction of sp³-hybridized carbons (Fsp3) is 0.214. The number of aryl methyl sites for hydroxylation is 1. The van der Waals surface area contributed by atoms with Gasteiger partial charge < -0.3 is 4.74 Å². The van der Waals surface area contributed by atoms with Crippen molar-refractivity contribution in [2.45, 2.75) is 13.1 Å². The summed E-state index contributed by atoms with van der Waals surface area (Å²) in [5.41, 5.74) is 0.293. The van der Waals surface area contributed by atoms with Crippen molar-refractivity contribution in [2.75, 3.05) is 6.61 Å². The molecule has 0 spiro atoms. The number of ether oxygens (including phenoxy) is 1. The van der Waals surface area contributed by atoms with E-state index in [1.54, 1.807) is 13.0 Å². The van der Waals surface area contributed by atoms with Crippen LogP contribution in [-0.4, -0.2) is 16.6 Å². The quantitative estimate of drug-likeness (QED) is 0.870. The molecule has 0 unspecified atom stereocenters. The van der Waals surface area contributed by atoms with Crippen LogP contribution in [0.2, 0.25) is 0 Å². The second-order valence-electron chi connectivity index (χ2n) is 4.19. The SMILES string of the molecule is Cc1cc(OCC#N)nc(-c2ccc(C(F)(F)F)cc2)n1. The van der Waals surface area contributed by atoms with Crippen LogP contribution in [0.15, 0.2) is 30.3 Å². The molecule has 7 heteroatoms. The van der Waals surface area contributed by atoms with Crippen LogP contribution < -0.4 is 4.74 Å². The van der Waals surface area contributed by atoms with Gasteiger partial charge in [0.1, 0.15) is 6.07 Å². The normalized spacial score (nSPS) is 11.0. The number of rotatable bonds is 3. The lowest BCUT2D eigenvalue weighted by molar-refractivity contribution is -0.137. The van der Waals surface area contributed by atoms with Gasteiger partial charge in [-0.1, -0.05) is 12.1 Å². The summed E-state index contributed by atoms with van der Waals surface area (Å²) in [7, 11) is 0. The molecule has 0 N–H and O–H groups in total. The molecule has 21 heavy (non-hydrogen) atoms. The Balaban J connectivity index is 2.33. The fourth-order valence-electron chi connectivity index (χ4n) is 1.66. The Kier molecular flexibility index (Phi) is 4.08. The third-order valence-electron chi connectivity index (χ3n) is 2.59. The lowest BCUT2D eigenvalue weighted by atomic mass is 10.1. The third kappa shape index (κ3) is 3.69. The van der Waals surface area contributed by atoms with Gasteiger partial charge in [-0.2, -0.15) is 23.4 Å². The Morgan fingerprint density at radius 3 is 2.43 bits per heavy atom. The minimum atomic E-state index is -4.38. The fourth-order valence-corrected chi connectivity index (χ4v) is 1.66. The zero-order valence-electron chi connectivity index (χ0n) is 11.0. The summed E-state index contributed by atoms with van der Waals surface area (Å²) in [4.78, 5) is 8.22. The van der Waals surface area contributed by atoms with Gasteiger partial charge in [-0.05, 0) is 19.1 Å². The predicted octanol–water partition coefficient (Wildman–Crippen LogP) is 3.37. The number of alkyl halides is 3. The molecule has 2 aromatic rings. The van der Waals surface area contributed by atoms with E-state index in [0.717, 1.165) is 12.1 Å². The zero-order chi connectivity index (χ0) is 15.5. The number of aromatic nitrogens is 2. The lowest BCUT2D eigenvalue weighted by Gasteiger charge is -2.08. The number of benzene rings is 1. The monoisotopic (exact) mass is 293 g/mol. The number of halogens is 3. The van der Waals surface area contributed by atoms with E-state index in [4.69, 9.17) is 10.00 Å². The van der Waals surface area contributed by atoms with Gasteiger partial charge in [-0.25, -0.2) is 4.98 Å². The molecule has 0 radical (unpaired) electrons. The first kappa shape index (κ1) is 14.8. The number of nitriles is 1. The Morgan fingerprint density at radius 2 is 1.86 bits per heavy atom. The minimum absolute atomic E-state index is 0.164. The van der Waals surface area contributed by atoms with E-state index in [0.29, 0.717) is 11.3 Å². The second-order valence-corrected chi connectivity index (χ2v) is 4.19. The predicted molar refractivity (Wildman–Crippen MR) is 68.3 cm³/mol. The van der Waals surface area contributed by atoms with Gasteiger partial charge in [-0.3, -0.25) is 0 Å². The molecule has 1 aromatic carbocycles. The van der Waals surface area contributed by atoms with E-state index in [2.05, 4.69) is 9.97 Å². The molecule has 0 aliphatic heterocycles. The third-order valence-corrected chi connectivity index (χ3v) is 2.59. The van der Waals surface area contributed by atoms with Crippen molar-refractivity contribution in [2.24, 2.45) is 0 Å². The van der Waals surface area contributed by atoms with Gasteiger partial charge in [0, 0.05) is 17.3 Å². The molecule has 0 fully saturated rings. The van der Waals surface area contributed by atoms with Crippen molar-refractivity contribution in [3.63, 3.8) is 0 Å². The molecule has 0 bridgehead atoms. The van der Waals surface area contributed by atoms with E-state index in [1.165, 1.54) is 12.1 Å². The van der Waals surface area contributed by atoms with Crippen molar-refractivity contribution in [3.8, 4) is 23.3 Å². The highest BCUT2D eigenvalue weighted by Crippen LogP contribution is 2.30. The molecule has 0 atom stereocenters. The van der Waals surface area contributed by atoms with E-state index in [9.17, 15) is 13.2 Å². The van der Waals surface area contributed by atoms with Crippen molar-refractivity contribution in [1.82, 2.24) is 9.97 Å². The van der Waals surface area contributed by atoms with Crippen LogP contribution in [0.25, 0.3) is 11.4 Å². The van der Waals surface area contributed by atoms with Crippen LogP contribution in [0.1, 0.15) is 11.3 Å². The standard InChI is InChI=1S/C14H10F3N3O/c1-9-8-12(21-7-6-18)20-13(19-9)10-2-4-11(5-3-10)14(15,16)17/h2-5,8H,7H2,1H3. The molecule has 2 rings (SSSR count). The van der Waals surface area contributed by atoms with Crippen LogP contribution >= 0.6 is 0 Å². The number of hydrogen-bond acceptors (Lipinski definition) is 4. The minimum Gasteiger partial charge on any atom is -0.462 e. The highest BCUT2D eigenvalue weighted by atomic mass is 19.4. The van der Waals surface area contributed by atoms with Crippen molar-refractivity contribution >= 4 is 0 Å². The van der Waals surface area contributed by atoms with Gasteiger partial charge in [0.15, 0.2) is 12.4 Å². The van der Waals surface area contributed by atoms with Crippen LogP contribution in [0.4, 0.5) is 13.2 Å². The maximum Gasteiger partial charge on any atom is 0.416 e. The summed E-state index contributed by atoms with van der Waals surface area (Å²) < 4.78 is 42.6.